The molecule has 0 bridgehead atoms. The molecule has 2 heterocycles. The number of amides is 3. The van der Waals surface area contributed by atoms with Crippen LogP contribution in [0.15, 0.2) is 34.3 Å². The highest BCUT2D eigenvalue weighted by molar-refractivity contribution is 6.23. The first-order valence-electron chi connectivity index (χ1n) is 9.16. The number of rotatable bonds is 2. The van der Waals surface area contributed by atoms with Gasteiger partial charge in [0.2, 0.25) is 11.9 Å². The van der Waals surface area contributed by atoms with Crippen LogP contribution >= 0.6 is 0 Å². The van der Waals surface area contributed by atoms with Gasteiger partial charge in [0.05, 0.1) is 11.4 Å². The summed E-state index contributed by atoms with van der Waals surface area (Å²) in [7, 11) is 0. The highest BCUT2D eigenvalue weighted by atomic mass is 16.2. The molecule has 1 aromatic carbocycles. The Morgan fingerprint density at radius 2 is 1.78 bits per heavy atom. The summed E-state index contributed by atoms with van der Waals surface area (Å²) in [4.78, 5) is 36.8. The Bertz CT molecular complexity index is 857. The Balaban J connectivity index is 1.85. The quantitative estimate of drug-likeness (QED) is 0.675. The Morgan fingerprint density at radius 3 is 2.41 bits per heavy atom. The minimum Gasteiger partial charge on any atom is -0.369 e. The minimum atomic E-state index is -0.644. The highest BCUT2D eigenvalue weighted by Crippen LogP contribution is 2.43. The molecule has 0 aromatic heterocycles. The number of benzene rings is 1. The number of imide groups is 1. The molecule has 0 radical (unpaired) electrons. The topological polar surface area (TPSA) is 129 Å². The summed E-state index contributed by atoms with van der Waals surface area (Å²) < 4.78 is 0. The highest BCUT2D eigenvalue weighted by Gasteiger charge is 2.45. The van der Waals surface area contributed by atoms with Crippen LogP contribution in [0.25, 0.3) is 0 Å². The molecule has 1 aromatic rings. The van der Waals surface area contributed by atoms with E-state index in [2.05, 4.69) is 15.3 Å². The average Bonchev–Trinajstić information content (AvgIpc) is 2.87. The van der Waals surface area contributed by atoms with E-state index in [1.165, 1.54) is 0 Å². The molecule has 1 spiro atoms. The second-order valence-corrected chi connectivity index (χ2v) is 7.15. The molecule has 142 valence electrons. The second-order valence-electron chi connectivity index (χ2n) is 7.15. The summed E-state index contributed by atoms with van der Waals surface area (Å²) in [6.45, 7) is 1.66. The fraction of sp³-hybridized carbons (Fsp3) is 0.444. The van der Waals surface area contributed by atoms with E-state index in [0.717, 1.165) is 37.0 Å². The van der Waals surface area contributed by atoms with Gasteiger partial charge in [-0.25, -0.2) is 14.7 Å². The number of urea groups is 1. The van der Waals surface area contributed by atoms with E-state index in [-0.39, 0.29) is 17.8 Å². The molecule has 1 unspecified atom stereocenters. The van der Waals surface area contributed by atoms with Gasteiger partial charge in [-0.2, -0.15) is 4.99 Å². The number of anilines is 2. The Morgan fingerprint density at radius 1 is 1.11 bits per heavy atom. The van der Waals surface area contributed by atoms with Gasteiger partial charge in [0.15, 0.2) is 0 Å². The third-order valence-corrected chi connectivity index (χ3v) is 5.35. The first-order valence-corrected chi connectivity index (χ1v) is 9.16. The number of guanidine groups is 2. The summed E-state index contributed by atoms with van der Waals surface area (Å²) in [6.07, 6.45) is 4.64. The normalized spacial score (nSPS) is 24.7. The van der Waals surface area contributed by atoms with Crippen LogP contribution in [0.3, 0.4) is 0 Å². The van der Waals surface area contributed by atoms with Crippen LogP contribution < -0.4 is 26.6 Å². The molecule has 2 aliphatic heterocycles. The van der Waals surface area contributed by atoms with Crippen LogP contribution in [-0.2, 0) is 4.79 Å². The zero-order chi connectivity index (χ0) is 19.2. The maximum absolute atomic E-state index is 12.6. The van der Waals surface area contributed by atoms with E-state index < -0.39 is 17.7 Å². The van der Waals surface area contributed by atoms with Crippen LogP contribution in [0.2, 0.25) is 0 Å². The van der Waals surface area contributed by atoms with Crippen LogP contribution in [0.5, 0.6) is 0 Å². The predicted octanol–water partition coefficient (Wildman–Crippen LogP) is 1.24. The van der Waals surface area contributed by atoms with Crippen molar-refractivity contribution in [2.24, 2.45) is 21.5 Å². The molecule has 5 N–H and O–H groups in total. The summed E-state index contributed by atoms with van der Waals surface area (Å²) in [5.41, 5.74) is 12.6. The standard InChI is InChI=1S/C18H23N7O2/c1-11-14(26)24(17(27)21-11)12-7-3-4-8-13(12)25-16(20)22-15(19)23-18(25)9-5-2-6-10-18/h3-4,7-8,11H,2,5-6,9-10H2,1H3,(H,21,27)(H4,19,20,22,23). The van der Waals surface area contributed by atoms with Gasteiger partial charge in [0.1, 0.15) is 11.7 Å². The lowest BCUT2D eigenvalue weighted by atomic mass is 9.87. The van der Waals surface area contributed by atoms with E-state index >= 15 is 0 Å². The SMILES string of the molecule is CC1NC(=O)N(c2ccccc2N2C(N)=NC(N)=NC23CCCCC3)C1=O. The lowest BCUT2D eigenvalue weighted by Crippen LogP contribution is -2.58. The van der Waals surface area contributed by atoms with Gasteiger partial charge in [0, 0.05) is 0 Å². The molecule has 1 saturated heterocycles. The summed E-state index contributed by atoms with van der Waals surface area (Å²) in [5.74, 6) is 0.0735. The van der Waals surface area contributed by atoms with E-state index in [9.17, 15) is 9.59 Å². The lowest BCUT2D eigenvalue weighted by Gasteiger charge is -2.46. The number of carbonyl (C=O) groups is 2. The zero-order valence-corrected chi connectivity index (χ0v) is 15.2. The summed E-state index contributed by atoms with van der Waals surface area (Å²) in [5, 5.41) is 2.64. The number of nitrogens with one attached hydrogen (secondary N) is 1. The monoisotopic (exact) mass is 369 g/mol. The van der Waals surface area contributed by atoms with Gasteiger partial charge in [-0.15, -0.1) is 0 Å². The Labute approximate surface area is 157 Å². The lowest BCUT2D eigenvalue weighted by molar-refractivity contribution is -0.117. The van der Waals surface area contributed by atoms with E-state index in [1.54, 1.807) is 19.1 Å². The van der Waals surface area contributed by atoms with Crippen LogP contribution in [-0.4, -0.2) is 35.6 Å². The number of nitrogens with two attached hydrogens (primary N) is 2. The molecule has 3 amide bonds. The average molecular weight is 369 g/mol. The van der Waals surface area contributed by atoms with E-state index in [0.29, 0.717) is 11.4 Å². The van der Waals surface area contributed by atoms with E-state index in [1.807, 2.05) is 17.0 Å². The van der Waals surface area contributed by atoms with Gasteiger partial charge in [-0.1, -0.05) is 18.6 Å². The first kappa shape index (κ1) is 17.3. The van der Waals surface area contributed by atoms with Crippen LogP contribution in [0, 0.1) is 0 Å². The summed E-state index contributed by atoms with van der Waals surface area (Å²) in [6, 6.07) is 6.16. The van der Waals surface area contributed by atoms with Crippen molar-refractivity contribution < 1.29 is 9.59 Å². The first-order chi connectivity index (χ1) is 12.9. The molecule has 9 nitrogen and oxygen atoms in total. The molecule has 1 aliphatic carbocycles. The maximum atomic E-state index is 12.6. The smallest absolute Gasteiger partial charge is 0.329 e. The molecular weight excluding hydrogens is 346 g/mol. The molecule has 1 saturated carbocycles. The molecule has 1 atom stereocenters. The second kappa shape index (κ2) is 6.26. The van der Waals surface area contributed by atoms with E-state index in [4.69, 9.17) is 11.5 Å². The van der Waals surface area contributed by atoms with Gasteiger partial charge >= 0.3 is 6.03 Å². The third-order valence-electron chi connectivity index (χ3n) is 5.35. The molecular formula is C18H23N7O2. The molecule has 4 rings (SSSR count). The van der Waals surface area contributed by atoms with Crippen molar-refractivity contribution in [2.45, 2.75) is 50.7 Å². The molecule has 3 aliphatic rings. The van der Waals surface area contributed by atoms with Crippen LogP contribution in [0.4, 0.5) is 16.2 Å². The minimum absolute atomic E-state index is 0.159. The van der Waals surface area contributed by atoms with Crippen molar-refractivity contribution in [3.05, 3.63) is 24.3 Å². The van der Waals surface area contributed by atoms with Gasteiger partial charge in [0.25, 0.3) is 5.91 Å². The number of hydrogen-bond acceptors (Lipinski definition) is 7. The number of para-hydroxylation sites is 2. The van der Waals surface area contributed by atoms with Crippen LogP contribution in [0.1, 0.15) is 39.0 Å². The third kappa shape index (κ3) is 2.70. The number of aliphatic imine (C=N–C) groups is 2. The number of carbonyl (C=O) groups excluding carboxylic acids is 2. The van der Waals surface area contributed by atoms with Gasteiger partial charge in [-0.3, -0.25) is 9.69 Å². The zero-order valence-electron chi connectivity index (χ0n) is 15.2. The Hall–Kier alpha value is -3.10. The number of hydrogen-bond donors (Lipinski definition) is 3. The Kier molecular flexibility index (Phi) is 4.01. The predicted molar refractivity (Wildman–Crippen MR) is 103 cm³/mol. The molecule has 2 fully saturated rings. The van der Waals surface area contributed by atoms with Gasteiger partial charge < -0.3 is 16.8 Å². The number of nitrogens with zero attached hydrogens (tertiary/aromatic N) is 4. The summed E-state index contributed by atoms with van der Waals surface area (Å²) >= 11 is 0. The van der Waals surface area contributed by atoms with Gasteiger partial charge in [-0.05, 0) is 44.7 Å². The fourth-order valence-corrected chi connectivity index (χ4v) is 4.15. The van der Waals surface area contributed by atoms with Crippen molar-refractivity contribution in [3.8, 4) is 0 Å². The van der Waals surface area contributed by atoms with Crippen molar-refractivity contribution >= 4 is 35.2 Å². The maximum Gasteiger partial charge on any atom is 0.329 e. The molecule has 27 heavy (non-hydrogen) atoms. The largest absolute Gasteiger partial charge is 0.369 e. The van der Waals surface area contributed by atoms with Crippen molar-refractivity contribution in [3.63, 3.8) is 0 Å². The fourth-order valence-electron chi connectivity index (χ4n) is 4.15. The van der Waals surface area contributed by atoms with Crippen molar-refractivity contribution in [1.29, 1.82) is 0 Å². The molecule has 9 heteroatoms. The van der Waals surface area contributed by atoms with Crippen molar-refractivity contribution in [2.75, 3.05) is 9.80 Å². The van der Waals surface area contributed by atoms with Crippen molar-refractivity contribution in [1.82, 2.24) is 5.32 Å².